The van der Waals surface area contributed by atoms with Crippen molar-refractivity contribution in [2.75, 3.05) is 0 Å². The van der Waals surface area contributed by atoms with Gasteiger partial charge in [0.1, 0.15) is 12.1 Å². The minimum atomic E-state index is -0.344. The summed E-state index contributed by atoms with van der Waals surface area (Å²) in [5.41, 5.74) is 3.36. The molecular weight excluding hydrogens is 329 g/mol. The van der Waals surface area contributed by atoms with Crippen molar-refractivity contribution in [3.8, 4) is 10.4 Å². The molecule has 4 aromatic rings. The van der Waals surface area contributed by atoms with Gasteiger partial charge in [0.25, 0.3) is 0 Å². The molecule has 0 unspecified atom stereocenters. The smallest absolute Gasteiger partial charge is 0.150 e. The molecule has 0 radical (unpaired) electrons. The van der Waals surface area contributed by atoms with Crippen LogP contribution in [0.3, 0.4) is 0 Å². The minimum Gasteiger partial charge on any atom is -0.339 e. The normalized spacial score (nSPS) is 11.6. The molecule has 0 atom stereocenters. The molecule has 5 heteroatoms. The fraction of sp³-hybridized carbons (Fsp3) is 0.167. The van der Waals surface area contributed by atoms with Crippen LogP contribution in [0.5, 0.6) is 0 Å². The second kappa shape index (κ2) is 5.58. The minimum absolute atomic E-state index is 0.344. The first kappa shape index (κ1) is 14.6. The molecule has 0 fully saturated rings. The fourth-order valence-corrected chi connectivity index (χ4v) is 5.21. The number of fused-ring (bicyclic) bond motifs is 3. The zero-order valence-corrected chi connectivity index (χ0v) is 14.1. The maximum absolute atomic E-state index is 14.3. The fourth-order valence-electron chi connectivity index (χ4n) is 2.96. The predicted molar refractivity (Wildman–Crippen MR) is 96.3 cm³/mol. The van der Waals surface area contributed by atoms with E-state index in [2.05, 4.69) is 29.0 Å². The first-order valence-corrected chi connectivity index (χ1v) is 9.17. The Balaban J connectivity index is 1.94. The highest BCUT2D eigenvalue weighted by molar-refractivity contribution is 7.28. The van der Waals surface area contributed by atoms with Crippen molar-refractivity contribution in [3.63, 3.8) is 0 Å². The van der Waals surface area contributed by atoms with Crippen LogP contribution in [0.4, 0.5) is 4.39 Å². The van der Waals surface area contributed by atoms with E-state index in [-0.39, 0.29) is 5.82 Å². The highest BCUT2D eigenvalue weighted by atomic mass is 32.1. The van der Waals surface area contributed by atoms with Gasteiger partial charge in [0.05, 0.1) is 20.4 Å². The Morgan fingerprint density at radius 2 is 2.04 bits per heavy atom. The molecule has 3 heterocycles. The van der Waals surface area contributed by atoms with Crippen LogP contribution >= 0.6 is 22.7 Å². The van der Waals surface area contributed by atoms with Crippen molar-refractivity contribution in [3.05, 3.63) is 47.1 Å². The molecule has 0 saturated carbocycles. The van der Waals surface area contributed by atoms with Gasteiger partial charge in [-0.05, 0) is 36.1 Å². The van der Waals surface area contributed by atoms with Crippen LogP contribution in [-0.2, 0) is 6.54 Å². The number of benzene rings is 1. The molecule has 0 aliphatic carbocycles. The van der Waals surface area contributed by atoms with E-state index < -0.39 is 0 Å². The number of carbonyl (C=O) groups is 1. The Kier molecular flexibility index (Phi) is 3.54. The topological polar surface area (TPSA) is 22.0 Å². The molecule has 0 aliphatic rings. The van der Waals surface area contributed by atoms with Crippen molar-refractivity contribution in [2.24, 2.45) is 0 Å². The Morgan fingerprint density at radius 3 is 2.78 bits per heavy atom. The summed E-state index contributed by atoms with van der Waals surface area (Å²) in [6.07, 6.45) is 1.73. The summed E-state index contributed by atoms with van der Waals surface area (Å²) < 4.78 is 19.1. The predicted octanol–water partition coefficient (Wildman–Crippen LogP) is 5.95. The van der Waals surface area contributed by atoms with E-state index in [1.54, 1.807) is 34.8 Å². The monoisotopic (exact) mass is 343 g/mol. The number of aldehydes is 1. The van der Waals surface area contributed by atoms with E-state index in [0.717, 1.165) is 17.8 Å². The number of rotatable bonds is 4. The molecule has 23 heavy (non-hydrogen) atoms. The Labute approximate surface area is 140 Å². The van der Waals surface area contributed by atoms with Gasteiger partial charge in [-0.1, -0.05) is 13.0 Å². The number of nitrogens with zero attached hydrogens (tertiary/aromatic N) is 1. The molecule has 2 nitrogen and oxygen atoms in total. The number of hydrogen-bond acceptors (Lipinski definition) is 3. The van der Waals surface area contributed by atoms with Crippen LogP contribution in [0.25, 0.3) is 30.9 Å². The van der Waals surface area contributed by atoms with Gasteiger partial charge in [0.2, 0.25) is 0 Å². The standard InChI is InChI=1S/C18H14FNOS2/c1-2-6-20-14-5-7-22-17(14)18-15(20)9-16(23-18)12-4-3-11(10-21)8-13(12)19/h3-5,7-10H,2,6H2,1H3. The lowest BCUT2D eigenvalue weighted by Gasteiger charge is -2.03. The summed E-state index contributed by atoms with van der Waals surface area (Å²) in [7, 11) is 0. The van der Waals surface area contributed by atoms with E-state index in [4.69, 9.17) is 0 Å². The number of aryl methyl sites for hydroxylation is 1. The van der Waals surface area contributed by atoms with Crippen LogP contribution in [-0.4, -0.2) is 10.9 Å². The zero-order chi connectivity index (χ0) is 16.0. The van der Waals surface area contributed by atoms with Crippen LogP contribution in [0.15, 0.2) is 35.7 Å². The first-order valence-electron chi connectivity index (χ1n) is 7.47. The van der Waals surface area contributed by atoms with Gasteiger partial charge in [-0.15, -0.1) is 22.7 Å². The van der Waals surface area contributed by atoms with Gasteiger partial charge in [-0.25, -0.2) is 4.39 Å². The van der Waals surface area contributed by atoms with Crippen LogP contribution < -0.4 is 0 Å². The Bertz CT molecular complexity index is 1020. The number of carbonyl (C=O) groups excluding carboxylic acids is 1. The highest BCUT2D eigenvalue weighted by Gasteiger charge is 2.17. The molecule has 0 spiro atoms. The third-order valence-corrected chi connectivity index (χ3v) is 6.21. The quantitative estimate of drug-likeness (QED) is 0.420. The lowest BCUT2D eigenvalue weighted by atomic mass is 10.1. The molecule has 0 bridgehead atoms. The number of thiophene rings is 2. The molecule has 0 aliphatic heterocycles. The average molecular weight is 343 g/mol. The summed E-state index contributed by atoms with van der Waals surface area (Å²) in [5.74, 6) is -0.344. The third-order valence-electron chi connectivity index (χ3n) is 3.99. The largest absolute Gasteiger partial charge is 0.339 e. The van der Waals surface area contributed by atoms with E-state index in [1.165, 1.54) is 26.5 Å². The van der Waals surface area contributed by atoms with Gasteiger partial charge in [-0.2, -0.15) is 0 Å². The van der Waals surface area contributed by atoms with Crippen molar-refractivity contribution < 1.29 is 9.18 Å². The van der Waals surface area contributed by atoms with Crippen molar-refractivity contribution in [2.45, 2.75) is 19.9 Å². The third kappa shape index (κ3) is 2.23. The van der Waals surface area contributed by atoms with E-state index in [1.807, 2.05) is 0 Å². The molecule has 1 aromatic carbocycles. The second-order valence-corrected chi connectivity index (χ2v) is 7.44. The van der Waals surface area contributed by atoms with Gasteiger partial charge < -0.3 is 4.57 Å². The van der Waals surface area contributed by atoms with Crippen molar-refractivity contribution in [1.82, 2.24) is 4.57 Å². The highest BCUT2D eigenvalue weighted by Crippen LogP contribution is 2.42. The lowest BCUT2D eigenvalue weighted by Crippen LogP contribution is -1.94. The molecule has 0 saturated heterocycles. The maximum atomic E-state index is 14.3. The second-order valence-electron chi connectivity index (χ2n) is 5.47. The molecule has 4 rings (SSSR count). The lowest BCUT2D eigenvalue weighted by molar-refractivity contribution is 0.112. The maximum Gasteiger partial charge on any atom is 0.150 e. The molecular formula is C18H14FNOS2. The summed E-state index contributed by atoms with van der Waals surface area (Å²) in [5, 5.41) is 2.11. The average Bonchev–Trinajstić information content (AvgIpc) is 3.22. The van der Waals surface area contributed by atoms with Crippen LogP contribution in [0, 0.1) is 5.82 Å². The van der Waals surface area contributed by atoms with Gasteiger partial charge in [0, 0.05) is 22.5 Å². The summed E-state index contributed by atoms with van der Waals surface area (Å²) >= 11 is 3.35. The van der Waals surface area contributed by atoms with Gasteiger partial charge in [0.15, 0.2) is 0 Å². The van der Waals surface area contributed by atoms with E-state index in [0.29, 0.717) is 17.4 Å². The molecule has 0 amide bonds. The van der Waals surface area contributed by atoms with E-state index in [9.17, 15) is 9.18 Å². The van der Waals surface area contributed by atoms with E-state index >= 15 is 0 Å². The summed E-state index contributed by atoms with van der Waals surface area (Å²) in [4.78, 5) is 11.7. The number of halogens is 1. The number of aromatic nitrogens is 1. The van der Waals surface area contributed by atoms with Gasteiger partial charge >= 0.3 is 0 Å². The Morgan fingerprint density at radius 1 is 1.17 bits per heavy atom. The Hall–Kier alpha value is -1.98. The molecule has 0 N–H and O–H groups in total. The van der Waals surface area contributed by atoms with Crippen molar-refractivity contribution in [1.29, 1.82) is 0 Å². The van der Waals surface area contributed by atoms with Crippen LogP contribution in [0.2, 0.25) is 0 Å². The van der Waals surface area contributed by atoms with Gasteiger partial charge in [-0.3, -0.25) is 4.79 Å². The zero-order valence-electron chi connectivity index (χ0n) is 12.5. The summed E-state index contributed by atoms with van der Waals surface area (Å²) in [6, 6.07) is 8.88. The first-order chi connectivity index (χ1) is 11.2. The van der Waals surface area contributed by atoms with Crippen molar-refractivity contribution >= 4 is 49.4 Å². The van der Waals surface area contributed by atoms with Crippen LogP contribution in [0.1, 0.15) is 23.7 Å². The SMILES string of the molecule is CCCn1c2ccsc2c2sc(-c3ccc(C=O)cc3F)cc21. The summed E-state index contributed by atoms with van der Waals surface area (Å²) in [6.45, 7) is 3.12. The molecule has 116 valence electrons. The number of hydrogen-bond donors (Lipinski definition) is 0. The molecule has 3 aromatic heterocycles.